The smallest absolute Gasteiger partial charge is 0.330 e. The summed E-state index contributed by atoms with van der Waals surface area (Å²) in [4.78, 5) is 28.6. The van der Waals surface area contributed by atoms with E-state index < -0.39 is 0 Å². The Labute approximate surface area is 128 Å². The number of aromatic nitrogens is 2. The molecule has 1 N–H and O–H groups in total. The normalized spacial score (nSPS) is 19.0. The predicted octanol–water partition coefficient (Wildman–Crippen LogP) is 1.42. The number of amides is 1. The van der Waals surface area contributed by atoms with Gasteiger partial charge in [0.1, 0.15) is 0 Å². The van der Waals surface area contributed by atoms with Crippen LogP contribution in [0.5, 0.6) is 0 Å². The van der Waals surface area contributed by atoms with Gasteiger partial charge >= 0.3 is 5.69 Å². The fraction of sp³-hybridized carbons (Fsp3) is 0.375. The molecule has 6 heteroatoms. The summed E-state index contributed by atoms with van der Waals surface area (Å²) in [6, 6.07) is 7.25. The Hall–Kier alpha value is -2.34. The lowest BCUT2D eigenvalue weighted by molar-refractivity contribution is 0.0687. The topological polar surface area (TPSA) is 67.3 Å². The summed E-state index contributed by atoms with van der Waals surface area (Å²) in [5, 5.41) is 0. The first-order valence-electron chi connectivity index (χ1n) is 7.42. The van der Waals surface area contributed by atoms with Gasteiger partial charge in [0.15, 0.2) is 0 Å². The van der Waals surface area contributed by atoms with Crippen LogP contribution in [0.25, 0.3) is 5.69 Å². The maximum Gasteiger partial charge on any atom is 0.330 e. The molecule has 1 saturated heterocycles. The van der Waals surface area contributed by atoms with Gasteiger partial charge in [0.25, 0.3) is 5.91 Å². The molecule has 22 heavy (non-hydrogen) atoms. The van der Waals surface area contributed by atoms with Gasteiger partial charge in [-0.15, -0.1) is 0 Å². The molecule has 0 bridgehead atoms. The number of nitrogens with one attached hydrogen (secondary N) is 1. The molecule has 1 aromatic carbocycles. The lowest BCUT2D eigenvalue weighted by atomic mass is 10.1. The highest BCUT2D eigenvalue weighted by molar-refractivity contribution is 5.94. The Balaban J connectivity index is 1.81. The molecule has 0 spiro atoms. The molecule has 0 aliphatic carbocycles. The number of rotatable bonds is 2. The van der Waals surface area contributed by atoms with E-state index in [0.717, 1.165) is 12.1 Å². The fourth-order valence-corrected chi connectivity index (χ4v) is 2.65. The Morgan fingerprint density at radius 3 is 2.73 bits per heavy atom. The zero-order valence-corrected chi connectivity index (χ0v) is 12.5. The monoisotopic (exact) mass is 301 g/mol. The molecule has 3 rings (SSSR count). The number of imidazole rings is 1. The van der Waals surface area contributed by atoms with Crippen LogP contribution in [0.15, 0.2) is 41.5 Å². The lowest BCUT2D eigenvalue weighted by Gasteiger charge is -2.26. The third kappa shape index (κ3) is 2.82. The highest BCUT2D eigenvalue weighted by Gasteiger charge is 2.23. The molecule has 0 saturated carbocycles. The second-order valence-corrected chi connectivity index (χ2v) is 5.43. The van der Waals surface area contributed by atoms with Crippen LogP contribution in [0, 0.1) is 0 Å². The summed E-state index contributed by atoms with van der Waals surface area (Å²) < 4.78 is 6.92. The minimum atomic E-state index is -0.197. The van der Waals surface area contributed by atoms with E-state index in [4.69, 9.17) is 4.74 Å². The average Bonchev–Trinajstić information content (AvgIpc) is 2.84. The van der Waals surface area contributed by atoms with E-state index in [2.05, 4.69) is 4.98 Å². The highest BCUT2D eigenvalue weighted by atomic mass is 16.5. The van der Waals surface area contributed by atoms with Gasteiger partial charge in [-0.05, 0) is 37.6 Å². The Morgan fingerprint density at radius 1 is 1.27 bits per heavy atom. The Morgan fingerprint density at radius 2 is 2.05 bits per heavy atom. The van der Waals surface area contributed by atoms with Gasteiger partial charge < -0.3 is 14.6 Å². The molecule has 2 heterocycles. The molecular formula is C16H19N3O3. The molecule has 1 aliphatic heterocycles. The van der Waals surface area contributed by atoms with Gasteiger partial charge in [-0.1, -0.05) is 0 Å². The van der Waals surface area contributed by atoms with Crippen molar-refractivity contribution in [3.05, 3.63) is 52.7 Å². The van der Waals surface area contributed by atoms with Crippen molar-refractivity contribution in [2.45, 2.75) is 19.4 Å². The van der Waals surface area contributed by atoms with Crippen molar-refractivity contribution in [2.75, 3.05) is 19.8 Å². The molecule has 2 aromatic rings. The lowest BCUT2D eigenvalue weighted by Crippen LogP contribution is -2.39. The van der Waals surface area contributed by atoms with Crippen LogP contribution in [0.1, 0.15) is 23.7 Å². The molecule has 1 aromatic heterocycles. The minimum Gasteiger partial charge on any atom is -0.380 e. The van der Waals surface area contributed by atoms with Crippen molar-refractivity contribution in [1.82, 2.24) is 14.5 Å². The van der Waals surface area contributed by atoms with E-state index in [1.165, 1.54) is 4.57 Å². The van der Waals surface area contributed by atoms with Crippen LogP contribution in [-0.2, 0) is 4.74 Å². The first-order chi connectivity index (χ1) is 10.7. The zero-order valence-electron chi connectivity index (χ0n) is 12.5. The summed E-state index contributed by atoms with van der Waals surface area (Å²) in [5.74, 6) is 0.00552. The summed E-state index contributed by atoms with van der Waals surface area (Å²) in [7, 11) is 0. The second kappa shape index (κ2) is 6.19. The van der Waals surface area contributed by atoms with E-state index >= 15 is 0 Å². The summed E-state index contributed by atoms with van der Waals surface area (Å²) in [6.45, 7) is 3.92. The number of H-pyrrole nitrogens is 1. The quantitative estimate of drug-likeness (QED) is 0.912. The van der Waals surface area contributed by atoms with Crippen LogP contribution in [0.3, 0.4) is 0 Å². The summed E-state index contributed by atoms with van der Waals surface area (Å²) >= 11 is 0. The molecule has 0 radical (unpaired) electrons. The number of hydrogen-bond acceptors (Lipinski definition) is 3. The van der Waals surface area contributed by atoms with Crippen molar-refractivity contribution in [3.8, 4) is 5.69 Å². The van der Waals surface area contributed by atoms with E-state index in [9.17, 15) is 9.59 Å². The molecule has 1 fully saturated rings. The number of aromatic amines is 1. The van der Waals surface area contributed by atoms with Gasteiger partial charge in [-0.3, -0.25) is 9.36 Å². The second-order valence-electron chi connectivity index (χ2n) is 5.43. The maximum atomic E-state index is 12.6. The van der Waals surface area contributed by atoms with E-state index in [-0.39, 0.29) is 17.6 Å². The molecule has 1 atom stereocenters. The number of ether oxygens (including phenoxy) is 1. The number of nitrogens with zero attached hydrogens (tertiary/aromatic N) is 2. The van der Waals surface area contributed by atoms with Crippen molar-refractivity contribution in [2.24, 2.45) is 0 Å². The first kappa shape index (κ1) is 14.6. The molecule has 116 valence electrons. The SMILES string of the molecule is CC1CCOCCN1C(=O)c1ccc(-n2cc[nH]c2=O)cc1. The molecule has 1 aliphatic rings. The standard InChI is InChI=1S/C16H19N3O3/c1-12-6-10-22-11-9-18(12)15(20)13-2-4-14(5-3-13)19-8-7-17-16(19)21/h2-5,7-8,12H,6,9-11H2,1H3,(H,17,21). The highest BCUT2D eigenvalue weighted by Crippen LogP contribution is 2.15. The third-order valence-corrected chi connectivity index (χ3v) is 3.99. The van der Waals surface area contributed by atoms with Crippen LogP contribution in [0.2, 0.25) is 0 Å². The minimum absolute atomic E-state index is 0.00552. The zero-order chi connectivity index (χ0) is 15.5. The number of hydrogen-bond donors (Lipinski definition) is 1. The van der Waals surface area contributed by atoms with Crippen LogP contribution in [-0.4, -0.2) is 46.2 Å². The number of carbonyl (C=O) groups is 1. The van der Waals surface area contributed by atoms with Crippen LogP contribution in [0.4, 0.5) is 0 Å². The van der Waals surface area contributed by atoms with Crippen LogP contribution >= 0.6 is 0 Å². The van der Waals surface area contributed by atoms with Crippen molar-refractivity contribution in [3.63, 3.8) is 0 Å². The Kier molecular flexibility index (Phi) is 4.11. The van der Waals surface area contributed by atoms with E-state index in [1.807, 2.05) is 11.8 Å². The van der Waals surface area contributed by atoms with Crippen LogP contribution < -0.4 is 5.69 Å². The van der Waals surface area contributed by atoms with Gasteiger partial charge in [0.05, 0.1) is 12.3 Å². The summed E-state index contributed by atoms with van der Waals surface area (Å²) in [5.41, 5.74) is 1.16. The first-order valence-corrected chi connectivity index (χ1v) is 7.42. The predicted molar refractivity (Wildman–Crippen MR) is 82.3 cm³/mol. The number of carbonyl (C=O) groups excluding carboxylic acids is 1. The number of benzene rings is 1. The molecule has 6 nitrogen and oxygen atoms in total. The van der Waals surface area contributed by atoms with Gasteiger partial charge in [0.2, 0.25) is 0 Å². The maximum absolute atomic E-state index is 12.6. The van der Waals surface area contributed by atoms with Gasteiger partial charge in [0, 0.05) is 37.2 Å². The summed E-state index contributed by atoms with van der Waals surface area (Å²) in [6.07, 6.45) is 4.09. The molecule has 1 amide bonds. The van der Waals surface area contributed by atoms with E-state index in [0.29, 0.717) is 25.3 Å². The van der Waals surface area contributed by atoms with Gasteiger partial charge in [-0.2, -0.15) is 0 Å². The van der Waals surface area contributed by atoms with E-state index in [1.54, 1.807) is 36.7 Å². The molecule has 1 unspecified atom stereocenters. The van der Waals surface area contributed by atoms with Crippen molar-refractivity contribution >= 4 is 5.91 Å². The van der Waals surface area contributed by atoms with Crippen molar-refractivity contribution < 1.29 is 9.53 Å². The van der Waals surface area contributed by atoms with Crippen molar-refractivity contribution in [1.29, 1.82) is 0 Å². The average molecular weight is 301 g/mol. The fourth-order valence-electron chi connectivity index (χ4n) is 2.65. The van der Waals surface area contributed by atoms with Gasteiger partial charge in [-0.25, -0.2) is 4.79 Å². The third-order valence-electron chi connectivity index (χ3n) is 3.99. The largest absolute Gasteiger partial charge is 0.380 e. The molecular weight excluding hydrogens is 282 g/mol. The Bertz CT molecular complexity index is 702.